The summed E-state index contributed by atoms with van der Waals surface area (Å²) in [6.07, 6.45) is 4.26. The van der Waals surface area contributed by atoms with Crippen LogP contribution in [0.15, 0.2) is 41.6 Å². The highest BCUT2D eigenvalue weighted by atomic mass is 16.6. The molecule has 70 valence electrons. The van der Waals surface area contributed by atoms with Crippen molar-refractivity contribution >= 4 is 11.9 Å². The number of hydrogen-bond donors (Lipinski definition) is 1. The first-order chi connectivity index (χ1) is 6.83. The minimum Gasteiger partial charge on any atom is -0.471 e. The van der Waals surface area contributed by atoms with Gasteiger partial charge in [-0.25, -0.2) is 0 Å². The van der Waals surface area contributed by atoms with Gasteiger partial charge in [0.1, 0.15) is 5.41 Å². The standard InChI is InChI=1S/C11H9NO2/c13-10-11(5-6-14-10)7-12-9-4-2-1-3-8(9)11/h1-7,10,13H. The fraction of sp³-hybridized carbons (Fsp3) is 0.182. The van der Waals surface area contributed by atoms with Crippen LogP contribution in [0, 0.1) is 0 Å². The second-order valence-electron chi connectivity index (χ2n) is 3.50. The molecule has 14 heavy (non-hydrogen) atoms. The van der Waals surface area contributed by atoms with Crippen LogP contribution in [0.2, 0.25) is 0 Å². The van der Waals surface area contributed by atoms with Crippen LogP contribution < -0.4 is 0 Å². The molecule has 0 saturated heterocycles. The summed E-state index contributed by atoms with van der Waals surface area (Å²) in [5, 5.41) is 9.75. The summed E-state index contributed by atoms with van der Waals surface area (Å²) in [5.41, 5.74) is 1.35. The minimum absolute atomic E-state index is 0.559. The molecule has 0 amide bonds. The first-order valence-electron chi connectivity index (χ1n) is 4.49. The predicted octanol–water partition coefficient (Wildman–Crippen LogP) is 1.50. The van der Waals surface area contributed by atoms with Gasteiger partial charge in [-0.2, -0.15) is 0 Å². The minimum atomic E-state index is -0.852. The molecule has 3 rings (SSSR count). The van der Waals surface area contributed by atoms with Crippen molar-refractivity contribution in [2.45, 2.75) is 11.7 Å². The van der Waals surface area contributed by atoms with Crippen molar-refractivity contribution in [3.63, 3.8) is 0 Å². The lowest BCUT2D eigenvalue weighted by Crippen LogP contribution is -2.35. The molecule has 2 atom stereocenters. The highest BCUT2D eigenvalue weighted by Crippen LogP contribution is 2.42. The molecule has 2 aliphatic heterocycles. The number of hydrogen-bond acceptors (Lipinski definition) is 3. The molecule has 3 nitrogen and oxygen atoms in total. The van der Waals surface area contributed by atoms with Crippen LogP contribution in [-0.2, 0) is 10.2 Å². The number of fused-ring (bicyclic) bond motifs is 2. The number of rotatable bonds is 0. The van der Waals surface area contributed by atoms with Crippen molar-refractivity contribution in [3.8, 4) is 0 Å². The van der Waals surface area contributed by atoms with Crippen molar-refractivity contribution in [1.29, 1.82) is 0 Å². The SMILES string of the molecule is OC1OC=CC12C=Nc1ccccc12. The molecule has 2 unspecified atom stereocenters. The number of benzene rings is 1. The van der Waals surface area contributed by atoms with Gasteiger partial charge in [0.15, 0.2) is 0 Å². The number of aliphatic imine (C=N–C) groups is 1. The second kappa shape index (κ2) is 2.45. The Labute approximate surface area is 81.4 Å². The molecule has 0 saturated carbocycles. The summed E-state index contributed by atoms with van der Waals surface area (Å²) in [6.45, 7) is 0. The van der Waals surface area contributed by atoms with E-state index in [9.17, 15) is 5.11 Å². The van der Waals surface area contributed by atoms with E-state index in [1.54, 1.807) is 6.21 Å². The van der Waals surface area contributed by atoms with E-state index in [1.807, 2.05) is 30.3 Å². The van der Waals surface area contributed by atoms with Crippen LogP contribution in [0.4, 0.5) is 5.69 Å². The van der Waals surface area contributed by atoms with Gasteiger partial charge < -0.3 is 9.84 Å². The number of para-hydroxylation sites is 1. The second-order valence-corrected chi connectivity index (χ2v) is 3.50. The fourth-order valence-electron chi connectivity index (χ4n) is 1.95. The largest absolute Gasteiger partial charge is 0.471 e. The summed E-state index contributed by atoms with van der Waals surface area (Å²) in [7, 11) is 0. The zero-order valence-corrected chi connectivity index (χ0v) is 7.42. The fourth-order valence-corrected chi connectivity index (χ4v) is 1.95. The number of aliphatic hydroxyl groups is 1. The van der Waals surface area contributed by atoms with E-state index in [2.05, 4.69) is 4.99 Å². The molecule has 0 aromatic heterocycles. The van der Waals surface area contributed by atoms with Gasteiger partial charge in [-0.3, -0.25) is 4.99 Å². The average molecular weight is 187 g/mol. The first-order valence-corrected chi connectivity index (χ1v) is 4.49. The van der Waals surface area contributed by atoms with E-state index in [-0.39, 0.29) is 0 Å². The van der Waals surface area contributed by atoms with Crippen LogP contribution in [0.5, 0.6) is 0 Å². The van der Waals surface area contributed by atoms with Crippen molar-refractivity contribution < 1.29 is 9.84 Å². The molecule has 0 fully saturated rings. The lowest BCUT2D eigenvalue weighted by molar-refractivity contribution is -0.0559. The van der Waals surface area contributed by atoms with Gasteiger partial charge in [0.05, 0.1) is 11.9 Å². The van der Waals surface area contributed by atoms with E-state index in [4.69, 9.17) is 4.74 Å². The Hall–Kier alpha value is -1.61. The zero-order chi connectivity index (χ0) is 9.60. The molecule has 1 aromatic carbocycles. The van der Waals surface area contributed by atoms with E-state index < -0.39 is 11.7 Å². The third-order valence-electron chi connectivity index (χ3n) is 2.75. The maximum atomic E-state index is 9.75. The molecule has 0 radical (unpaired) electrons. The van der Waals surface area contributed by atoms with E-state index in [1.165, 1.54) is 6.26 Å². The number of ether oxygens (including phenoxy) is 1. The highest BCUT2D eigenvalue weighted by molar-refractivity contribution is 5.88. The molecule has 1 N–H and O–H groups in total. The topological polar surface area (TPSA) is 41.8 Å². The lowest BCUT2D eigenvalue weighted by atomic mass is 9.83. The summed E-state index contributed by atoms with van der Waals surface area (Å²) in [5.74, 6) is 0. The van der Waals surface area contributed by atoms with E-state index >= 15 is 0 Å². The van der Waals surface area contributed by atoms with Gasteiger partial charge >= 0.3 is 0 Å². The first kappa shape index (κ1) is 7.76. The number of aliphatic hydroxyl groups excluding tert-OH is 1. The molecule has 0 bridgehead atoms. The molecular weight excluding hydrogens is 178 g/mol. The van der Waals surface area contributed by atoms with Gasteiger partial charge in [0, 0.05) is 6.21 Å². The van der Waals surface area contributed by atoms with Gasteiger partial charge in [0.25, 0.3) is 0 Å². The Kier molecular flexibility index (Phi) is 1.36. The van der Waals surface area contributed by atoms with Crippen molar-refractivity contribution in [2.24, 2.45) is 4.99 Å². The van der Waals surface area contributed by atoms with E-state index in [0.717, 1.165) is 11.3 Å². The van der Waals surface area contributed by atoms with Gasteiger partial charge in [-0.05, 0) is 17.7 Å². The van der Waals surface area contributed by atoms with Crippen LogP contribution in [-0.4, -0.2) is 17.6 Å². The summed E-state index contributed by atoms with van der Waals surface area (Å²) in [6, 6.07) is 7.76. The summed E-state index contributed by atoms with van der Waals surface area (Å²) in [4.78, 5) is 4.27. The van der Waals surface area contributed by atoms with Gasteiger partial charge in [0.2, 0.25) is 6.29 Å². The Morgan fingerprint density at radius 1 is 1.36 bits per heavy atom. The van der Waals surface area contributed by atoms with Crippen molar-refractivity contribution in [3.05, 3.63) is 42.2 Å². The molecule has 2 heterocycles. The van der Waals surface area contributed by atoms with Crippen LogP contribution >= 0.6 is 0 Å². The maximum Gasteiger partial charge on any atom is 0.215 e. The van der Waals surface area contributed by atoms with Crippen LogP contribution in [0.1, 0.15) is 5.56 Å². The van der Waals surface area contributed by atoms with Crippen molar-refractivity contribution in [1.82, 2.24) is 0 Å². The number of nitrogens with zero attached hydrogens (tertiary/aromatic N) is 1. The van der Waals surface area contributed by atoms with Gasteiger partial charge in [-0.15, -0.1) is 0 Å². The molecule has 3 heteroatoms. The Morgan fingerprint density at radius 2 is 2.21 bits per heavy atom. The summed E-state index contributed by atoms with van der Waals surface area (Å²) >= 11 is 0. The van der Waals surface area contributed by atoms with Crippen LogP contribution in [0.3, 0.4) is 0 Å². The van der Waals surface area contributed by atoms with E-state index in [0.29, 0.717) is 0 Å². The monoisotopic (exact) mass is 187 g/mol. The Bertz CT molecular complexity index is 439. The average Bonchev–Trinajstić information content (AvgIpc) is 2.76. The van der Waals surface area contributed by atoms with Crippen molar-refractivity contribution in [2.75, 3.05) is 0 Å². The summed E-state index contributed by atoms with van der Waals surface area (Å²) < 4.78 is 5.03. The maximum absolute atomic E-state index is 9.75. The molecule has 1 aromatic rings. The molecule has 1 spiro atoms. The molecular formula is C11H9NO2. The smallest absolute Gasteiger partial charge is 0.215 e. The third kappa shape index (κ3) is 0.775. The Morgan fingerprint density at radius 3 is 3.00 bits per heavy atom. The van der Waals surface area contributed by atoms with Gasteiger partial charge in [-0.1, -0.05) is 18.2 Å². The Balaban J connectivity index is 2.22. The normalized spacial score (nSPS) is 32.2. The highest BCUT2D eigenvalue weighted by Gasteiger charge is 2.45. The zero-order valence-electron chi connectivity index (χ0n) is 7.42. The lowest BCUT2D eigenvalue weighted by Gasteiger charge is -2.22. The quantitative estimate of drug-likeness (QED) is 0.668. The molecule has 0 aliphatic carbocycles. The third-order valence-corrected chi connectivity index (χ3v) is 2.75. The molecule has 2 aliphatic rings. The van der Waals surface area contributed by atoms with Crippen LogP contribution in [0.25, 0.3) is 0 Å². The predicted molar refractivity (Wildman–Crippen MR) is 52.5 cm³/mol.